The van der Waals surface area contributed by atoms with Gasteiger partial charge in [-0.2, -0.15) is 0 Å². The normalized spacial score (nSPS) is 34.4. The van der Waals surface area contributed by atoms with E-state index in [-0.39, 0.29) is 6.61 Å². The van der Waals surface area contributed by atoms with Gasteiger partial charge in [0.05, 0.1) is 6.61 Å². The fraction of sp³-hybridized carbons (Fsp3) is 1.00. The van der Waals surface area contributed by atoms with Crippen LogP contribution in [0.5, 0.6) is 0 Å². The Balaban J connectivity index is 2.21. The van der Waals surface area contributed by atoms with Gasteiger partial charge in [-0.15, -0.1) is 11.8 Å². The molecule has 5 atom stereocenters. The van der Waals surface area contributed by atoms with Crippen molar-refractivity contribution in [1.29, 1.82) is 0 Å². The van der Waals surface area contributed by atoms with Gasteiger partial charge in [0.25, 0.3) is 0 Å². The van der Waals surface area contributed by atoms with Gasteiger partial charge in [-0.25, -0.2) is 0 Å². The fourth-order valence-corrected chi connectivity index (χ4v) is 3.47. The molecule has 1 heterocycles. The molecule has 4 N–H and O–H groups in total. The Morgan fingerprint density at radius 3 is 2.20 bits per heavy atom. The Bertz CT molecular complexity index is 252. The van der Waals surface area contributed by atoms with E-state index in [1.165, 1.54) is 37.4 Å². The molecule has 120 valence electrons. The van der Waals surface area contributed by atoms with Gasteiger partial charge in [0.1, 0.15) is 29.9 Å². The third kappa shape index (κ3) is 5.50. The van der Waals surface area contributed by atoms with Gasteiger partial charge in [0, 0.05) is 0 Å². The number of aliphatic hydroxyl groups is 4. The van der Waals surface area contributed by atoms with E-state index in [1.807, 2.05) is 0 Å². The summed E-state index contributed by atoms with van der Waals surface area (Å²) in [7, 11) is 0. The second kappa shape index (κ2) is 9.97. The maximum absolute atomic E-state index is 9.86. The highest BCUT2D eigenvalue weighted by molar-refractivity contribution is 7.99. The van der Waals surface area contributed by atoms with E-state index >= 15 is 0 Å². The van der Waals surface area contributed by atoms with E-state index in [4.69, 9.17) is 9.84 Å². The zero-order chi connectivity index (χ0) is 15.0. The van der Waals surface area contributed by atoms with Crippen molar-refractivity contribution in [2.45, 2.75) is 75.3 Å². The number of unbranched alkanes of at least 4 members (excludes halogenated alkanes) is 5. The predicted octanol–water partition coefficient (Wildman–Crippen LogP) is 0.880. The number of hydrogen-bond donors (Lipinski definition) is 4. The van der Waals surface area contributed by atoms with Gasteiger partial charge in [0.2, 0.25) is 0 Å². The monoisotopic (exact) mass is 308 g/mol. The Labute approximate surface area is 125 Å². The molecule has 1 fully saturated rings. The van der Waals surface area contributed by atoms with Crippen LogP contribution in [-0.4, -0.2) is 62.6 Å². The molecule has 0 aromatic rings. The molecular formula is C14H28O5S. The van der Waals surface area contributed by atoms with Crippen LogP contribution in [0.1, 0.15) is 45.4 Å². The van der Waals surface area contributed by atoms with E-state index < -0.39 is 29.9 Å². The molecule has 0 bridgehead atoms. The molecule has 1 saturated heterocycles. The van der Waals surface area contributed by atoms with Gasteiger partial charge >= 0.3 is 0 Å². The molecule has 0 saturated carbocycles. The first kappa shape index (κ1) is 18.2. The second-order valence-electron chi connectivity index (χ2n) is 5.34. The number of rotatable bonds is 9. The number of aliphatic hydroxyl groups excluding tert-OH is 4. The first-order valence-electron chi connectivity index (χ1n) is 7.54. The van der Waals surface area contributed by atoms with Crippen molar-refractivity contribution in [2.24, 2.45) is 0 Å². The minimum Gasteiger partial charge on any atom is -0.394 e. The Hall–Kier alpha value is 0.150. The molecule has 0 aromatic heterocycles. The first-order chi connectivity index (χ1) is 9.61. The van der Waals surface area contributed by atoms with Gasteiger partial charge in [-0.05, 0) is 12.2 Å². The largest absolute Gasteiger partial charge is 0.394 e. The lowest BCUT2D eigenvalue weighted by Gasteiger charge is -2.39. The van der Waals surface area contributed by atoms with Gasteiger partial charge in [0.15, 0.2) is 0 Å². The zero-order valence-corrected chi connectivity index (χ0v) is 13.0. The van der Waals surface area contributed by atoms with Crippen LogP contribution in [0.2, 0.25) is 0 Å². The van der Waals surface area contributed by atoms with E-state index in [9.17, 15) is 15.3 Å². The lowest BCUT2D eigenvalue weighted by molar-refractivity contribution is -0.205. The highest BCUT2D eigenvalue weighted by Crippen LogP contribution is 2.29. The average molecular weight is 308 g/mol. The van der Waals surface area contributed by atoms with Crippen molar-refractivity contribution in [3.63, 3.8) is 0 Å². The summed E-state index contributed by atoms with van der Waals surface area (Å²) in [5.41, 5.74) is -0.582. The Morgan fingerprint density at radius 2 is 1.55 bits per heavy atom. The Morgan fingerprint density at radius 1 is 0.900 bits per heavy atom. The lowest BCUT2D eigenvalue weighted by Crippen LogP contribution is -2.57. The molecule has 0 radical (unpaired) electrons. The summed E-state index contributed by atoms with van der Waals surface area (Å²) in [5, 5.41) is 38.3. The van der Waals surface area contributed by atoms with Crippen LogP contribution in [-0.2, 0) is 4.74 Å². The van der Waals surface area contributed by atoms with E-state index in [0.717, 1.165) is 18.6 Å². The van der Waals surface area contributed by atoms with Crippen molar-refractivity contribution in [1.82, 2.24) is 0 Å². The van der Waals surface area contributed by atoms with Crippen molar-refractivity contribution in [3.8, 4) is 0 Å². The summed E-state index contributed by atoms with van der Waals surface area (Å²) in [6, 6.07) is 0. The summed E-state index contributed by atoms with van der Waals surface area (Å²) in [6.07, 6.45) is 2.77. The van der Waals surface area contributed by atoms with Crippen molar-refractivity contribution in [2.75, 3.05) is 12.4 Å². The summed E-state index contributed by atoms with van der Waals surface area (Å²) in [6.45, 7) is 1.83. The van der Waals surface area contributed by atoms with Crippen LogP contribution in [0.4, 0.5) is 0 Å². The van der Waals surface area contributed by atoms with Crippen LogP contribution in [0, 0.1) is 0 Å². The van der Waals surface area contributed by atoms with Crippen LogP contribution in [0.3, 0.4) is 0 Å². The molecule has 6 heteroatoms. The highest BCUT2D eigenvalue weighted by atomic mass is 32.2. The second-order valence-corrected chi connectivity index (χ2v) is 6.54. The molecule has 20 heavy (non-hydrogen) atoms. The molecular weight excluding hydrogens is 280 g/mol. The fourth-order valence-electron chi connectivity index (χ4n) is 2.29. The maximum Gasteiger partial charge on any atom is 0.132 e. The minimum atomic E-state index is -1.26. The van der Waals surface area contributed by atoms with Crippen LogP contribution in [0.15, 0.2) is 0 Å². The maximum atomic E-state index is 9.86. The Kier molecular flexibility index (Phi) is 9.08. The number of hydrogen-bond acceptors (Lipinski definition) is 6. The molecule has 1 aliphatic rings. The molecule has 0 unspecified atom stereocenters. The number of thioether (sulfide) groups is 1. The molecule has 1 rings (SSSR count). The van der Waals surface area contributed by atoms with E-state index in [0.29, 0.717) is 0 Å². The lowest BCUT2D eigenvalue weighted by atomic mass is 10.0. The topological polar surface area (TPSA) is 90.2 Å². The highest BCUT2D eigenvalue weighted by Gasteiger charge is 2.43. The van der Waals surface area contributed by atoms with Crippen LogP contribution in [0.25, 0.3) is 0 Å². The molecule has 0 spiro atoms. The molecule has 0 aliphatic carbocycles. The van der Waals surface area contributed by atoms with Gasteiger partial charge < -0.3 is 25.2 Å². The summed E-state index contributed by atoms with van der Waals surface area (Å²) in [5.74, 6) is 0.842. The first-order valence-corrected chi connectivity index (χ1v) is 8.58. The van der Waals surface area contributed by atoms with Gasteiger partial charge in [-0.1, -0.05) is 39.0 Å². The summed E-state index contributed by atoms with van der Waals surface area (Å²) >= 11 is 1.44. The predicted molar refractivity (Wildman–Crippen MR) is 79.6 cm³/mol. The summed E-state index contributed by atoms with van der Waals surface area (Å²) < 4.78 is 5.43. The third-order valence-electron chi connectivity index (χ3n) is 3.63. The molecule has 1 aliphatic heterocycles. The third-order valence-corrected chi connectivity index (χ3v) is 4.87. The zero-order valence-electron chi connectivity index (χ0n) is 12.1. The summed E-state index contributed by atoms with van der Waals surface area (Å²) in [4.78, 5) is 0. The van der Waals surface area contributed by atoms with Gasteiger partial charge in [-0.3, -0.25) is 0 Å². The minimum absolute atomic E-state index is 0.362. The van der Waals surface area contributed by atoms with E-state index in [2.05, 4.69) is 6.92 Å². The average Bonchev–Trinajstić information content (AvgIpc) is 2.46. The molecule has 0 aromatic carbocycles. The SMILES string of the molecule is CCCCCCCCS[C@H]1O[C@H](CO)[C@H](O)[C@H](O)[C@@H]1O. The van der Waals surface area contributed by atoms with Crippen molar-refractivity contribution in [3.05, 3.63) is 0 Å². The van der Waals surface area contributed by atoms with Crippen molar-refractivity contribution < 1.29 is 25.2 Å². The standard InChI is InChI=1S/C14H28O5S/c1-2-3-4-5-6-7-8-20-14-13(18)12(17)11(16)10(9-15)19-14/h10-18H,2-9H2,1H3/t10-,11+,12+,13+,14-/m1/s1. The van der Waals surface area contributed by atoms with Crippen LogP contribution < -0.4 is 0 Å². The number of ether oxygens (including phenoxy) is 1. The smallest absolute Gasteiger partial charge is 0.132 e. The molecule has 0 amide bonds. The van der Waals surface area contributed by atoms with Crippen LogP contribution >= 0.6 is 11.8 Å². The van der Waals surface area contributed by atoms with E-state index in [1.54, 1.807) is 0 Å². The quantitative estimate of drug-likeness (QED) is 0.473. The van der Waals surface area contributed by atoms with Crippen molar-refractivity contribution >= 4 is 11.8 Å². The molecule has 5 nitrogen and oxygen atoms in total.